The fourth-order valence-electron chi connectivity index (χ4n) is 4.75. The second-order valence-electron chi connectivity index (χ2n) is 9.32. The van der Waals surface area contributed by atoms with E-state index in [1.807, 2.05) is 12.3 Å². The van der Waals surface area contributed by atoms with Crippen LogP contribution in [0.1, 0.15) is 47.4 Å². The van der Waals surface area contributed by atoms with Gasteiger partial charge in [-0.05, 0) is 73.4 Å². The van der Waals surface area contributed by atoms with Crippen LogP contribution in [0.25, 0.3) is 0 Å². The van der Waals surface area contributed by atoms with Gasteiger partial charge in [-0.15, -0.1) is 0 Å². The lowest BCUT2D eigenvalue weighted by atomic mass is 9.80. The number of piperidine rings is 1. The molecular weight excluding hydrogens is 402 g/mol. The highest BCUT2D eigenvalue weighted by atomic mass is 16.5. The molecule has 0 bridgehead atoms. The van der Waals surface area contributed by atoms with Crippen molar-refractivity contribution in [3.63, 3.8) is 0 Å². The minimum atomic E-state index is -0.145. The Bertz CT molecular complexity index is 1010. The highest BCUT2D eigenvalue weighted by molar-refractivity contribution is 5.81. The Morgan fingerprint density at radius 1 is 1.22 bits per heavy atom. The van der Waals surface area contributed by atoms with Gasteiger partial charge in [0.1, 0.15) is 0 Å². The van der Waals surface area contributed by atoms with E-state index in [2.05, 4.69) is 35.3 Å². The number of aryl methyl sites for hydroxylation is 2. The fraction of sp³-hybridized carbons (Fsp3) is 0.538. The van der Waals surface area contributed by atoms with E-state index in [1.165, 1.54) is 16.7 Å². The van der Waals surface area contributed by atoms with Crippen molar-refractivity contribution >= 4 is 5.91 Å². The molecule has 6 heteroatoms. The second-order valence-corrected chi connectivity index (χ2v) is 9.32. The van der Waals surface area contributed by atoms with E-state index in [1.54, 1.807) is 24.8 Å². The molecule has 1 saturated heterocycles. The molecule has 172 valence electrons. The Morgan fingerprint density at radius 2 is 2.03 bits per heavy atom. The van der Waals surface area contributed by atoms with Gasteiger partial charge in [-0.1, -0.05) is 18.2 Å². The molecular formula is C26H35N3O3. The molecule has 1 aromatic carbocycles. The Kier molecular flexibility index (Phi) is 7.11. The molecule has 2 fully saturated rings. The summed E-state index contributed by atoms with van der Waals surface area (Å²) in [6.07, 6.45) is 5.71. The molecule has 1 saturated carbocycles. The van der Waals surface area contributed by atoms with Crippen molar-refractivity contribution in [1.82, 2.24) is 14.8 Å². The second kappa shape index (κ2) is 10.0. The number of aromatic nitrogens is 1. The van der Waals surface area contributed by atoms with Crippen LogP contribution in [0.15, 0.2) is 41.3 Å². The van der Waals surface area contributed by atoms with Crippen molar-refractivity contribution in [2.75, 3.05) is 26.8 Å². The fourth-order valence-corrected chi connectivity index (χ4v) is 4.75. The normalized spacial score (nSPS) is 20.8. The van der Waals surface area contributed by atoms with Crippen molar-refractivity contribution in [2.45, 2.75) is 51.1 Å². The number of hydrogen-bond donors (Lipinski definition) is 1. The van der Waals surface area contributed by atoms with Gasteiger partial charge < -0.3 is 19.5 Å². The average Bonchev–Trinajstić information content (AvgIpc) is 3.64. The molecule has 0 radical (unpaired) electrons. The number of pyridine rings is 1. The monoisotopic (exact) mass is 437 g/mol. The highest BCUT2D eigenvalue weighted by Crippen LogP contribution is 2.36. The summed E-state index contributed by atoms with van der Waals surface area (Å²) in [7, 11) is 3.48. The Labute approximate surface area is 190 Å². The first kappa shape index (κ1) is 22.7. The van der Waals surface area contributed by atoms with E-state index in [0.717, 1.165) is 37.8 Å². The first-order chi connectivity index (χ1) is 15.5. The Balaban J connectivity index is 1.57. The van der Waals surface area contributed by atoms with Crippen LogP contribution in [0.5, 0.6) is 0 Å². The van der Waals surface area contributed by atoms with Gasteiger partial charge in [0.15, 0.2) is 0 Å². The number of carbonyl (C=O) groups excluding carboxylic acids is 1. The predicted octanol–water partition coefficient (Wildman–Crippen LogP) is 2.77. The number of carbonyl (C=O) groups is 1. The summed E-state index contributed by atoms with van der Waals surface area (Å²) in [6.45, 7) is 4.99. The maximum Gasteiger partial charge on any atom is 0.250 e. The molecule has 6 nitrogen and oxygen atoms in total. The maximum atomic E-state index is 13.9. The summed E-state index contributed by atoms with van der Waals surface area (Å²) in [5, 5.41) is 3.42. The molecule has 0 spiro atoms. The minimum absolute atomic E-state index is 0.0187. The van der Waals surface area contributed by atoms with Crippen molar-refractivity contribution < 1.29 is 9.53 Å². The van der Waals surface area contributed by atoms with E-state index in [9.17, 15) is 9.59 Å². The Hall–Kier alpha value is -2.44. The van der Waals surface area contributed by atoms with Crippen LogP contribution in [0.4, 0.5) is 0 Å². The minimum Gasteiger partial charge on any atom is -0.384 e. The highest BCUT2D eigenvalue weighted by Gasteiger charge is 2.40. The molecule has 1 aliphatic heterocycles. The topological polar surface area (TPSA) is 63.6 Å². The van der Waals surface area contributed by atoms with Crippen LogP contribution in [0.3, 0.4) is 0 Å². The lowest BCUT2D eigenvalue weighted by Crippen LogP contribution is -2.47. The van der Waals surface area contributed by atoms with Crippen LogP contribution < -0.4 is 10.9 Å². The first-order valence-corrected chi connectivity index (χ1v) is 11.7. The summed E-state index contributed by atoms with van der Waals surface area (Å²) in [5.74, 6) is 0.147. The van der Waals surface area contributed by atoms with E-state index in [-0.39, 0.29) is 23.3 Å². The number of ether oxygens (including phenoxy) is 1. The zero-order valence-corrected chi connectivity index (χ0v) is 19.5. The standard InChI is InChI=1S/C26H35N3O3/c1-18-4-5-19(10-13-32-3)14-21(18)17-29(22-6-7-22)26(31)24-16-27-11-8-23(24)20-9-12-28(2)25(30)15-20/h4-5,9,12,14-15,22-24,27H,6-8,10-11,13,16-17H2,1-3H3/t23-,24+/m0/s1. The van der Waals surface area contributed by atoms with Gasteiger partial charge >= 0.3 is 0 Å². The molecule has 0 unspecified atom stereocenters. The average molecular weight is 438 g/mol. The zero-order chi connectivity index (χ0) is 22.7. The van der Waals surface area contributed by atoms with Crippen molar-refractivity contribution in [1.29, 1.82) is 0 Å². The van der Waals surface area contributed by atoms with E-state index >= 15 is 0 Å². The number of methoxy groups -OCH3 is 1. The molecule has 1 aromatic heterocycles. The lowest BCUT2D eigenvalue weighted by molar-refractivity contribution is -0.138. The van der Waals surface area contributed by atoms with Gasteiger partial charge in [0, 0.05) is 45.6 Å². The van der Waals surface area contributed by atoms with Crippen LogP contribution >= 0.6 is 0 Å². The van der Waals surface area contributed by atoms with Crippen molar-refractivity contribution in [2.24, 2.45) is 13.0 Å². The van der Waals surface area contributed by atoms with Crippen molar-refractivity contribution in [3.05, 3.63) is 69.1 Å². The summed E-state index contributed by atoms with van der Waals surface area (Å²) >= 11 is 0. The van der Waals surface area contributed by atoms with Gasteiger partial charge in [0.2, 0.25) is 5.91 Å². The third-order valence-corrected chi connectivity index (χ3v) is 6.98. The molecule has 1 aliphatic carbocycles. The van der Waals surface area contributed by atoms with Crippen molar-refractivity contribution in [3.8, 4) is 0 Å². The van der Waals surface area contributed by atoms with Crippen LogP contribution in [0.2, 0.25) is 0 Å². The molecule has 1 N–H and O–H groups in total. The Morgan fingerprint density at radius 3 is 2.75 bits per heavy atom. The maximum absolute atomic E-state index is 13.9. The summed E-state index contributed by atoms with van der Waals surface area (Å²) < 4.78 is 6.82. The van der Waals surface area contributed by atoms with Gasteiger partial charge in [0.25, 0.3) is 5.56 Å². The van der Waals surface area contributed by atoms with Gasteiger partial charge in [-0.2, -0.15) is 0 Å². The first-order valence-electron chi connectivity index (χ1n) is 11.7. The third kappa shape index (κ3) is 5.13. The molecule has 2 aromatic rings. The number of rotatable bonds is 8. The summed E-state index contributed by atoms with van der Waals surface area (Å²) in [6, 6.07) is 10.6. The molecule has 2 aliphatic rings. The van der Waals surface area contributed by atoms with Gasteiger partial charge in [-0.3, -0.25) is 9.59 Å². The predicted molar refractivity (Wildman–Crippen MR) is 126 cm³/mol. The van der Waals surface area contributed by atoms with E-state index < -0.39 is 0 Å². The van der Waals surface area contributed by atoms with E-state index in [0.29, 0.717) is 25.7 Å². The SMILES string of the molecule is COCCc1ccc(C)c(CN(C(=O)[C@@H]2CNCC[C@H]2c2ccn(C)c(=O)c2)C2CC2)c1. The van der Waals surface area contributed by atoms with Crippen LogP contribution in [0, 0.1) is 12.8 Å². The number of nitrogens with zero attached hydrogens (tertiary/aromatic N) is 2. The lowest BCUT2D eigenvalue weighted by Gasteiger charge is -2.36. The summed E-state index contributed by atoms with van der Waals surface area (Å²) in [5.41, 5.74) is 4.64. The third-order valence-electron chi connectivity index (χ3n) is 6.98. The van der Waals surface area contributed by atoms with Crippen LogP contribution in [-0.4, -0.2) is 48.2 Å². The number of nitrogens with one attached hydrogen (secondary N) is 1. The smallest absolute Gasteiger partial charge is 0.250 e. The number of amides is 1. The molecule has 1 amide bonds. The molecule has 4 rings (SSSR count). The molecule has 32 heavy (non-hydrogen) atoms. The molecule has 2 atom stereocenters. The van der Waals surface area contributed by atoms with Gasteiger partial charge in [-0.25, -0.2) is 0 Å². The van der Waals surface area contributed by atoms with Gasteiger partial charge in [0.05, 0.1) is 12.5 Å². The van der Waals surface area contributed by atoms with Crippen LogP contribution in [-0.2, 0) is 29.5 Å². The summed E-state index contributed by atoms with van der Waals surface area (Å²) in [4.78, 5) is 28.2. The van der Waals surface area contributed by atoms with E-state index in [4.69, 9.17) is 4.74 Å². The quantitative estimate of drug-likeness (QED) is 0.690. The molecule has 2 heterocycles. The number of benzene rings is 1. The largest absolute Gasteiger partial charge is 0.384 e. The number of hydrogen-bond acceptors (Lipinski definition) is 4. The zero-order valence-electron chi connectivity index (χ0n) is 19.5.